The standard InChI is InChI=1S/C6H7B3O4S/c1-14-2-3(7)5(8,12)6(9,13)4(10)11/h2,12-13H,1H3,(H,10,11)/b3-2-/t5-,6+/m1/s1. The first-order chi connectivity index (χ1) is 6.17. The minimum atomic E-state index is -3.04. The van der Waals surface area contributed by atoms with E-state index in [1.54, 1.807) is 6.26 Å². The Kier molecular flexibility index (Phi) is 4.36. The van der Waals surface area contributed by atoms with Gasteiger partial charge >= 0.3 is 5.97 Å². The Hall–Kier alpha value is -0.325. The first kappa shape index (κ1) is 13.7. The number of thioether (sulfide) groups is 1. The highest BCUT2D eigenvalue weighted by molar-refractivity contribution is 8.01. The van der Waals surface area contributed by atoms with E-state index >= 15 is 0 Å². The van der Waals surface area contributed by atoms with Crippen LogP contribution in [0.25, 0.3) is 0 Å². The lowest BCUT2D eigenvalue weighted by Gasteiger charge is -2.37. The fourth-order valence-corrected chi connectivity index (χ4v) is 1.03. The highest BCUT2D eigenvalue weighted by Crippen LogP contribution is 2.24. The monoisotopic (exact) mass is 208 g/mol. The molecule has 0 aromatic heterocycles. The Labute approximate surface area is 90.0 Å². The number of carboxylic acids is 1. The van der Waals surface area contributed by atoms with Gasteiger partial charge in [-0.1, -0.05) is 5.47 Å². The summed E-state index contributed by atoms with van der Waals surface area (Å²) >= 11 is 1.08. The van der Waals surface area contributed by atoms with E-state index in [1.165, 1.54) is 5.41 Å². The topological polar surface area (TPSA) is 77.8 Å². The van der Waals surface area contributed by atoms with Gasteiger partial charge in [0.05, 0.1) is 5.50 Å². The van der Waals surface area contributed by atoms with Crippen LogP contribution in [0.2, 0.25) is 0 Å². The first-order valence-electron chi connectivity index (χ1n) is 3.42. The Morgan fingerprint density at radius 3 is 2.07 bits per heavy atom. The quantitative estimate of drug-likeness (QED) is 0.472. The van der Waals surface area contributed by atoms with Gasteiger partial charge in [0.1, 0.15) is 29.0 Å². The van der Waals surface area contributed by atoms with Gasteiger partial charge in [-0.15, -0.1) is 11.8 Å². The molecule has 3 N–H and O–H groups in total. The number of carbonyl (C=O) groups is 1. The van der Waals surface area contributed by atoms with Crippen LogP contribution in [0.5, 0.6) is 0 Å². The summed E-state index contributed by atoms with van der Waals surface area (Å²) in [4.78, 5) is 10.5. The van der Waals surface area contributed by atoms with Crippen LogP contribution in [0.15, 0.2) is 10.9 Å². The molecule has 6 radical (unpaired) electrons. The summed E-state index contributed by atoms with van der Waals surface area (Å²) in [6, 6.07) is 0. The minimum absolute atomic E-state index is 0.433. The fourth-order valence-electron chi connectivity index (χ4n) is 0.600. The number of aliphatic hydroxyl groups is 2. The molecule has 0 aromatic carbocycles. The van der Waals surface area contributed by atoms with Gasteiger partial charge in [0.25, 0.3) is 0 Å². The highest BCUT2D eigenvalue weighted by atomic mass is 32.2. The molecule has 0 saturated heterocycles. The molecule has 8 heteroatoms. The summed E-state index contributed by atoms with van der Waals surface area (Å²) in [7, 11) is 15.3. The summed E-state index contributed by atoms with van der Waals surface area (Å²) in [6.45, 7) is 0. The second kappa shape index (κ2) is 4.46. The van der Waals surface area contributed by atoms with Crippen molar-refractivity contribution in [3.63, 3.8) is 0 Å². The summed E-state index contributed by atoms with van der Waals surface area (Å²) in [5.74, 6) is -1.88. The largest absolute Gasteiger partial charge is 0.480 e. The van der Waals surface area contributed by atoms with Crippen molar-refractivity contribution >= 4 is 41.3 Å². The van der Waals surface area contributed by atoms with Crippen LogP contribution in [0, 0.1) is 0 Å². The fraction of sp³-hybridized carbons (Fsp3) is 0.500. The normalized spacial score (nSPS) is 20.9. The lowest BCUT2D eigenvalue weighted by atomic mass is 9.52. The molecule has 0 unspecified atom stereocenters. The molecular formula is C6H7B3O4S. The van der Waals surface area contributed by atoms with Crippen LogP contribution in [0.4, 0.5) is 0 Å². The molecule has 0 rings (SSSR count). The molecule has 2 atom stereocenters. The van der Waals surface area contributed by atoms with Crippen molar-refractivity contribution in [2.45, 2.75) is 11.0 Å². The third kappa shape index (κ3) is 2.37. The summed E-state index contributed by atoms with van der Waals surface area (Å²) in [6.07, 6.45) is 1.61. The second-order valence-corrected chi connectivity index (χ2v) is 3.35. The molecule has 0 aliphatic carbocycles. The Balaban J connectivity index is 5.14. The van der Waals surface area contributed by atoms with E-state index in [0.29, 0.717) is 0 Å². The number of aliphatic carboxylic acids is 1. The SMILES string of the molecule is [B]/C(=C\SC)[C@@]([B])(O)[C@@]([B])(O)C(=O)O. The van der Waals surface area contributed by atoms with Crippen LogP contribution in [-0.2, 0) is 4.79 Å². The van der Waals surface area contributed by atoms with E-state index in [-0.39, 0.29) is 0 Å². The molecule has 0 spiro atoms. The first-order valence-corrected chi connectivity index (χ1v) is 4.71. The van der Waals surface area contributed by atoms with Gasteiger partial charge in [0, 0.05) is 0 Å². The molecular weight excluding hydrogens is 201 g/mol. The molecule has 0 aliphatic rings. The minimum Gasteiger partial charge on any atom is -0.480 e. The highest BCUT2D eigenvalue weighted by Gasteiger charge is 2.47. The average Bonchev–Trinajstić information content (AvgIpc) is 2.04. The number of hydrogen-bond acceptors (Lipinski definition) is 4. The summed E-state index contributed by atoms with van der Waals surface area (Å²) in [5.41, 5.74) is -6.19. The van der Waals surface area contributed by atoms with E-state index in [1.807, 2.05) is 0 Å². The van der Waals surface area contributed by atoms with E-state index in [0.717, 1.165) is 11.8 Å². The molecule has 0 heterocycles. The molecule has 0 bridgehead atoms. The number of rotatable bonds is 4. The maximum absolute atomic E-state index is 10.5. The molecule has 0 fully saturated rings. The van der Waals surface area contributed by atoms with Gasteiger partial charge in [-0.3, -0.25) is 0 Å². The van der Waals surface area contributed by atoms with Gasteiger partial charge in [-0.05, 0) is 11.7 Å². The summed E-state index contributed by atoms with van der Waals surface area (Å²) < 4.78 is 0. The zero-order valence-corrected chi connectivity index (χ0v) is 8.28. The van der Waals surface area contributed by atoms with Crippen LogP contribution >= 0.6 is 11.8 Å². The summed E-state index contributed by atoms with van der Waals surface area (Å²) in [5, 5.41) is 28.3. The van der Waals surface area contributed by atoms with Gasteiger partial charge in [0.2, 0.25) is 0 Å². The van der Waals surface area contributed by atoms with Gasteiger partial charge in [0.15, 0.2) is 0 Å². The molecule has 0 aliphatic heterocycles. The number of carboxylic acid groups (broad SMARTS) is 1. The smallest absolute Gasteiger partial charge is 0.328 e. The molecule has 14 heavy (non-hydrogen) atoms. The van der Waals surface area contributed by atoms with Crippen molar-refractivity contribution in [1.82, 2.24) is 0 Å². The van der Waals surface area contributed by atoms with Crippen molar-refractivity contribution in [2.75, 3.05) is 6.26 Å². The third-order valence-electron chi connectivity index (χ3n) is 1.59. The van der Waals surface area contributed by atoms with E-state index < -0.39 is 22.4 Å². The molecule has 0 aromatic rings. The van der Waals surface area contributed by atoms with Crippen molar-refractivity contribution < 1.29 is 20.1 Å². The average molecular weight is 208 g/mol. The van der Waals surface area contributed by atoms with Crippen LogP contribution < -0.4 is 0 Å². The lowest BCUT2D eigenvalue weighted by Crippen LogP contribution is -2.61. The molecule has 4 nitrogen and oxygen atoms in total. The lowest BCUT2D eigenvalue weighted by molar-refractivity contribution is -0.159. The molecule has 0 saturated carbocycles. The van der Waals surface area contributed by atoms with Gasteiger partial charge < -0.3 is 15.3 Å². The molecule has 0 amide bonds. The van der Waals surface area contributed by atoms with Crippen molar-refractivity contribution in [3.8, 4) is 0 Å². The number of hydrogen-bond donors (Lipinski definition) is 3. The van der Waals surface area contributed by atoms with Crippen molar-refractivity contribution in [1.29, 1.82) is 0 Å². The second-order valence-electron chi connectivity index (χ2n) is 2.65. The Morgan fingerprint density at radius 1 is 1.36 bits per heavy atom. The zero-order valence-electron chi connectivity index (χ0n) is 7.47. The van der Waals surface area contributed by atoms with E-state index in [2.05, 4.69) is 0 Å². The zero-order chi connectivity index (χ0) is 11.6. The van der Waals surface area contributed by atoms with Gasteiger partial charge in [-0.25, -0.2) is 4.79 Å². The maximum Gasteiger partial charge on any atom is 0.328 e. The van der Waals surface area contributed by atoms with Crippen molar-refractivity contribution in [2.24, 2.45) is 0 Å². The Morgan fingerprint density at radius 2 is 1.79 bits per heavy atom. The third-order valence-corrected chi connectivity index (χ3v) is 2.08. The van der Waals surface area contributed by atoms with E-state index in [9.17, 15) is 15.0 Å². The van der Waals surface area contributed by atoms with E-state index in [4.69, 9.17) is 28.6 Å². The van der Waals surface area contributed by atoms with Crippen molar-refractivity contribution in [3.05, 3.63) is 10.9 Å². The maximum atomic E-state index is 10.5. The molecule has 70 valence electrons. The predicted molar refractivity (Wildman–Crippen MR) is 56.4 cm³/mol. The van der Waals surface area contributed by atoms with Gasteiger partial charge in [-0.2, -0.15) is 0 Å². The van der Waals surface area contributed by atoms with Crippen LogP contribution in [0.3, 0.4) is 0 Å². The Bertz CT molecular complexity index is 264. The van der Waals surface area contributed by atoms with Crippen LogP contribution in [-0.4, -0.2) is 62.1 Å². The van der Waals surface area contributed by atoms with Crippen LogP contribution in [0.1, 0.15) is 0 Å². The predicted octanol–water partition coefficient (Wildman–Crippen LogP) is -1.84.